The highest BCUT2D eigenvalue weighted by Crippen LogP contribution is 2.43. The Morgan fingerprint density at radius 2 is 1.59 bits per heavy atom. The number of aromatic nitrogens is 1. The number of carbonyl (C=O) groups excluding carboxylic acids is 2. The summed E-state index contributed by atoms with van der Waals surface area (Å²) >= 11 is 6.18. The Bertz CT molecular complexity index is 1380. The number of hydrogen-bond acceptors (Lipinski definition) is 3. The molecule has 34 heavy (non-hydrogen) atoms. The molecule has 1 amide bonds. The summed E-state index contributed by atoms with van der Waals surface area (Å²) in [4.78, 5) is 28.0. The smallest absolute Gasteiger partial charge is 0.264 e. The van der Waals surface area contributed by atoms with E-state index in [0.29, 0.717) is 28.4 Å². The number of hydrogen-bond donors (Lipinski definition) is 1. The molecule has 0 saturated heterocycles. The number of nitrogens with zero attached hydrogens (tertiary/aromatic N) is 2. The van der Waals surface area contributed by atoms with E-state index in [4.69, 9.17) is 11.6 Å². The van der Waals surface area contributed by atoms with Crippen molar-refractivity contribution in [3.8, 4) is 0 Å². The third kappa shape index (κ3) is 3.91. The van der Waals surface area contributed by atoms with E-state index in [1.54, 1.807) is 41.3 Å². The van der Waals surface area contributed by atoms with E-state index in [0.717, 1.165) is 19.4 Å². The Labute approximate surface area is 203 Å². The molecule has 5 rings (SSSR count). The van der Waals surface area contributed by atoms with E-state index in [9.17, 15) is 14.7 Å². The van der Waals surface area contributed by atoms with Crippen molar-refractivity contribution in [3.05, 3.63) is 101 Å². The first kappa shape index (κ1) is 22.4. The zero-order valence-electron chi connectivity index (χ0n) is 18.7. The van der Waals surface area contributed by atoms with E-state index in [1.165, 1.54) is 10.9 Å². The maximum absolute atomic E-state index is 13.4. The van der Waals surface area contributed by atoms with Crippen LogP contribution in [0.25, 0.3) is 10.9 Å². The van der Waals surface area contributed by atoms with Crippen molar-refractivity contribution in [2.24, 2.45) is 0 Å². The van der Waals surface area contributed by atoms with Crippen molar-refractivity contribution < 1.29 is 14.7 Å². The number of fused-ring (bicyclic) bond motifs is 2. The SMILES string of the molecule is O=C(C[C@]1(O)C(=O)N(CCCCn2ccc3ccccc32)c2ccccc21)c1ccccc1Cl. The summed E-state index contributed by atoms with van der Waals surface area (Å²) in [5, 5.41) is 13.0. The van der Waals surface area contributed by atoms with Crippen LogP contribution in [0.2, 0.25) is 5.02 Å². The van der Waals surface area contributed by atoms with Crippen molar-refractivity contribution in [3.63, 3.8) is 0 Å². The molecule has 1 N–H and O–H groups in total. The van der Waals surface area contributed by atoms with E-state index >= 15 is 0 Å². The van der Waals surface area contributed by atoms with Crippen LogP contribution in [0.15, 0.2) is 85.1 Å². The molecular formula is C28H25ClN2O3. The number of anilines is 1. The molecule has 1 atom stereocenters. The molecule has 1 aromatic heterocycles. The fraction of sp³-hybridized carbons (Fsp3) is 0.214. The Balaban J connectivity index is 1.30. The van der Waals surface area contributed by atoms with Gasteiger partial charge in [-0.1, -0.05) is 60.1 Å². The van der Waals surface area contributed by atoms with Gasteiger partial charge < -0.3 is 14.6 Å². The number of benzene rings is 3. The van der Waals surface area contributed by atoms with Crippen molar-refractivity contribution >= 4 is 39.9 Å². The lowest BCUT2D eigenvalue weighted by Crippen LogP contribution is -2.42. The van der Waals surface area contributed by atoms with Gasteiger partial charge in [-0.25, -0.2) is 0 Å². The second-order valence-electron chi connectivity index (χ2n) is 8.69. The summed E-state index contributed by atoms with van der Waals surface area (Å²) in [6.07, 6.45) is 3.38. The number of aliphatic hydroxyl groups is 1. The van der Waals surface area contributed by atoms with E-state index < -0.39 is 11.5 Å². The fourth-order valence-corrected chi connectivity index (χ4v) is 5.04. The Morgan fingerprint density at radius 3 is 2.44 bits per heavy atom. The minimum atomic E-state index is -1.90. The fourth-order valence-electron chi connectivity index (χ4n) is 4.80. The standard InChI is InChI=1S/C28H25ClN2O3/c29-23-12-4-2-10-21(23)26(32)19-28(34)22-11-3-6-14-25(22)31(27(28)33)17-8-7-16-30-18-15-20-9-1-5-13-24(20)30/h1-6,9-15,18,34H,7-8,16-17,19H2/t28-/m1/s1. The second kappa shape index (κ2) is 9.09. The molecule has 0 bridgehead atoms. The zero-order chi connectivity index (χ0) is 23.7. The molecule has 1 aliphatic heterocycles. The largest absolute Gasteiger partial charge is 0.375 e. The van der Waals surface area contributed by atoms with Crippen LogP contribution >= 0.6 is 11.6 Å². The van der Waals surface area contributed by atoms with Crippen LogP contribution in [0.3, 0.4) is 0 Å². The van der Waals surface area contributed by atoms with Crippen LogP contribution in [0.1, 0.15) is 35.2 Å². The lowest BCUT2D eigenvalue weighted by Gasteiger charge is -2.23. The monoisotopic (exact) mass is 472 g/mol. The van der Waals surface area contributed by atoms with Gasteiger partial charge in [0.05, 0.1) is 17.1 Å². The van der Waals surface area contributed by atoms with Crippen LogP contribution in [-0.2, 0) is 16.9 Å². The predicted molar refractivity (Wildman–Crippen MR) is 134 cm³/mol. The Kier molecular flexibility index (Phi) is 5.98. The number of Topliss-reactive ketones (excluding diaryl/α,β-unsaturated/α-hetero) is 1. The average Bonchev–Trinajstić information content (AvgIpc) is 3.35. The van der Waals surface area contributed by atoms with Crippen LogP contribution < -0.4 is 4.90 Å². The Morgan fingerprint density at radius 1 is 0.882 bits per heavy atom. The minimum Gasteiger partial charge on any atom is -0.375 e. The molecule has 5 nitrogen and oxygen atoms in total. The molecule has 6 heteroatoms. The molecule has 4 aromatic rings. The van der Waals surface area contributed by atoms with Gasteiger partial charge in [-0.3, -0.25) is 9.59 Å². The van der Waals surface area contributed by atoms with Crippen molar-refractivity contribution in [2.45, 2.75) is 31.4 Å². The summed E-state index contributed by atoms with van der Waals surface area (Å²) in [5.41, 5.74) is 0.728. The van der Waals surface area contributed by atoms with Crippen LogP contribution in [-0.4, -0.2) is 27.9 Å². The number of carbonyl (C=O) groups is 2. The molecule has 0 fully saturated rings. The van der Waals surface area contributed by atoms with Gasteiger partial charge in [-0.05, 0) is 48.6 Å². The highest BCUT2D eigenvalue weighted by atomic mass is 35.5. The van der Waals surface area contributed by atoms with E-state index in [-0.39, 0.29) is 12.2 Å². The average molecular weight is 473 g/mol. The highest BCUT2D eigenvalue weighted by molar-refractivity contribution is 6.34. The first-order valence-electron chi connectivity index (χ1n) is 11.4. The molecule has 1 aliphatic rings. The zero-order valence-corrected chi connectivity index (χ0v) is 19.4. The van der Waals surface area contributed by atoms with Crippen molar-refractivity contribution in [1.29, 1.82) is 0 Å². The molecule has 3 aromatic carbocycles. The van der Waals surface area contributed by atoms with E-state index in [1.807, 2.05) is 24.3 Å². The molecular weight excluding hydrogens is 448 g/mol. The third-order valence-corrected chi connectivity index (χ3v) is 6.87. The van der Waals surface area contributed by atoms with Gasteiger partial charge in [0.2, 0.25) is 0 Å². The van der Waals surface area contributed by atoms with Gasteiger partial charge in [0.25, 0.3) is 5.91 Å². The van der Waals surface area contributed by atoms with Gasteiger partial charge in [0, 0.05) is 35.9 Å². The summed E-state index contributed by atoms with van der Waals surface area (Å²) < 4.78 is 2.22. The van der Waals surface area contributed by atoms with Crippen molar-refractivity contribution in [2.75, 3.05) is 11.4 Å². The maximum atomic E-state index is 13.4. The molecule has 0 unspecified atom stereocenters. The first-order chi connectivity index (χ1) is 16.5. The molecule has 0 radical (unpaired) electrons. The number of aryl methyl sites for hydroxylation is 1. The van der Waals surface area contributed by atoms with E-state index in [2.05, 4.69) is 29.0 Å². The van der Waals surface area contributed by atoms with Gasteiger partial charge in [0.15, 0.2) is 11.4 Å². The van der Waals surface area contributed by atoms with Gasteiger partial charge in [-0.2, -0.15) is 0 Å². The second-order valence-corrected chi connectivity index (χ2v) is 9.10. The number of unbranched alkanes of at least 4 members (excludes halogenated alkanes) is 1. The van der Waals surface area contributed by atoms with Crippen LogP contribution in [0, 0.1) is 0 Å². The summed E-state index contributed by atoms with van der Waals surface area (Å²) in [7, 11) is 0. The number of ketones is 1. The van der Waals surface area contributed by atoms with Crippen molar-refractivity contribution in [1.82, 2.24) is 4.57 Å². The number of halogens is 1. The first-order valence-corrected chi connectivity index (χ1v) is 11.8. The summed E-state index contributed by atoms with van der Waals surface area (Å²) in [6, 6.07) is 24.2. The van der Waals surface area contributed by atoms with Crippen LogP contribution in [0.4, 0.5) is 5.69 Å². The van der Waals surface area contributed by atoms with Crippen LogP contribution in [0.5, 0.6) is 0 Å². The molecule has 0 saturated carbocycles. The topological polar surface area (TPSA) is 62.5 Å². The molecule has 2 heterocycles. The molecule has 0 aliphatic carbocycles. The maximum Gasteiger partial charge on any atom is 0.264 e. The number of amides is 1. The summed E-state index contributed by atoms with van der Waals surface area (Å²) in [6.45, 7) is 1.31. The number of rotatable bonds is 8. The Hall–Kier alpha value is -3.41. The molecule has 172 valence electrons. The normalized spacial score (nSPS) is 17.4. The number of para-hydroxylation sites is 2. The van der Waals surface area contributed by atoms with Gasteiger partial charge >= 0.3 is 0 Å². The lowest BCUT2D eigenvalue weighted by molar-refractivity contribution is -0.135. The predicted octanol–water partition coefficient (Wildman–Crippen LogP) is 5.58. The molecule has 0 spiro atoms. The lowest BCUT2D eigenvalue weighted by atomic mass is 9.88. The third-order valence-electron chi connectivity index (χ3n) is 6.54. The van der Waals surface area contributed by atoms with Gasteiger partial charge in [-0.15, -0.1) is 0 Å². The van der Waals surface area contributed by atoms with Gasteiger partial charge in [0.1, 0.15) is 0 Å². The summed E-state index contributed by atoms with van der Waals surface area (Å²) in [5.74, 6) is -0.821. The quantitative estimate of drug-likeness (QED) is 0.269. The highest BCUT2D eigenvalue weighted by Gasteiger charge is 2.50. The minimum absolute atomic E-state index is 0.306.